The van der Waals surface area contributed by atoms with Gasteiger partial charge in [-0.1, -0.05) is 0 Å². The fourth-order valence-corrected chi connectivity index (χ4v) is 4.61. The van der Waals surface area contributed by atoms with E-state index in [1.54, 1.807) is 11.0 Å². The summed E-state index contributed by atoms with van der Waals surface area (Å²) in [5.74, 6) is -0.785. The van der Waals surface area contributed by atoms with Crippen LogP contribution in [0.15, 0.2) is 18.2 Å². The Kier molecular flexibility index (Phi) is 6.16. The van der Waals surface area contributed by atoms with Gasteiger partial charge in [-0.3, -0.25) is 14.7 Å². The van der Waals surface area contributed by atoms with E-state index >= 15 is 0 Å². The molecule has 1 aromatic carbocycles. The van der Waals surface area contributed by atoms with Crippen molar-refractivity contribution in [2.24, 2.45) is 5.92 Å². The van der Waals surface area contributed by atoms with Crippen molar-refractivity contribution in [3.05, 3.63) is 46.5 Å². The number of nitrogens with one attached hydrogen (secondary N) is 1. The zero-order valence-electron chi connectivity index (χ0n) is 17.4. The van der Waals surface area contributed by atoms with E-state index in [0.29, 0.717) is 37.9 Å². The number of carbonyl (C=O) groups is 2. The van der Waals surface area contributed by atoms with E-state index in [1.807, 2.05) is 0 Å². The number of halogens is 1. The number of ether oxygens (including phenoxy) is 1. The Morgan fingerprint density at radius 1 is 1.27 bits per heavy atom. The van der Waals surface area contributed by atoms with Crippen LogP contribution in [0.1, 0.15) is 59.4 Å². The summed E-state index contributed by atoms with van der Waals surface area (Å²) in [6, 6.07) is 4.28. The van der Waals surface area contributed by atoms with Crippen molar-refractivity contribution < 1.29 is 18.7 Å². The quantitative estimate of drug-likeness (QED) is 0.736. The molecule has 160 valence electrons. The van der Waals surface area contributed by atoms with Crippen molar-refractivity contribution in [1.82, 2.24) is 15.1 Å². The lowest BCUT2D eigenvalue weighted by Gasteiger charge is -2.32. The van der Waals surface area contributed by atoms with E-state index < -0.39 is 5.82 Å². The van der Waals surface area contributed by atoms with Gasteiger partial charge in [0.05, 0.1) is 12.8 Å². The van der Waals surface area contributed by atoms with Gasteiger partial charge in [-0.05, 0) is 62.3 Å². The Hall–Kier alpha value is -2.70. The maximum absolute atomic E-state index is 14.0. The summed E-state index contributed by atoms with van der Waals surface area (Å²) in [6.45, 7) is 1.06. The summed E-state index contributed by atoms with van der Waals surface area (Å²) >= 11 is 0. The minimum absolute atomic E-state index is 0.0565. The lowest BCUT2D eigenvalue weighted by molar-refractivity contribution is -0.132. The zero-order chi connectivity index (χ0) is 21.1. The number of carbonyl (C=O) groups excluding carboxylic acids is 2. The number of fused-ring (bicyclic) bond motifs is 1. The summed E-state index contributed by atoms with van der Waals surface area (Å²) in [5.41, 5.74) is 3.86. The van der Waals surface area contributed by atoms with Crippen LogP contribution in [0.25, 0.3) is 0 Å². The summed E-state index contributed by atoms with van der Waals surface area (Å²) in [6.07, 6.45) is 6.96. The first kappa shape index (κ1) is 20.6. The number of hydrogen-bond acceptors (Lipinski definition) is 4. The van der Waals surface area contributed by atoms with Crippen molar-refractivity contribution in [3.63, 3.8) is 0 Å². The van der Waals surface area contributed by atoms with E-state index in [-0.39, 0.29) is 23.4 Å². The third kappa shape index (κ3) is 4.25. The van der Waals surface area contributed by atoms with E-state index in [1.165, 1.54) is 43.3 Å². The van der Waals surface area contributed by atoms with Crippen molar-refractivity contribution in [2.45, 2.75) is 51.4 Å². The molecule has 4 rings (SSSR count). The lowest BCUT2D eigenvalue weighted by atomic mass is 9.89. The molecule has 1 N–H and O–H groups in total. The summed E-state index contributed by atoms with van der Waals surface area (Å²) in [4.78, 5) is 27.5. The predicted octanol–water partition coefficient (Wildman–Crippen LogP) is 3.49. The Morgan fingerprint density at radius 3 is 2.90 bits per heavy atom. The first-order valence-corrected chi connectivity index (χ1v) is 10.8. The number of aromatic nitrogens is 2. The van der Waals surface area contributed by atoms with Gasteiger partial charge in [0.15, 0.2) is 17.3 Å². The van der Waals surface area contributed by atoms with E-state index in [9.17, 15) is 14.0 Å². The van der Waals surface area contributed by atoms with Crippen LogP contribution in [0, 0.1) is 11.7 Å². The van der Waals surface area contributed by atoms with Crippen LogP contribution in [0.2, 0.25) is 0 Å². The van der Waals surface area contributed by atoms with E-state index in [0.717, 1.165) is 25.0 Å². The molecule has 2 aromatic rings. The lowest BCUT2D eigenvalue weighted by Crippen LogP contribution is -2.42. The van der Waals surface area contributed by atoms with Gasteiger partial charge < -0.3 is 9.64 Å². The Bertz CT molecular complexity index is 940. The number of aryl methyl sites for hydroxylation is 2. The molecule has 2 aliphatic rings. The number of hydrogen-bond donors (Lipinski definition) is 1. The molecule has 0 bridgehead atoms. The minimum Gasteiger partial charge on any atom is -0.494 e. The number of piperidine rings is 1. The van der Waals surface area contributed by atoms with Crippen LogP contribution in [0.5, 0.6) is 5.75 Å². The van der Waals surface area contributed by atoms with Gasteiger partial charge in [0.1, 0.15) is 0 Å². The van der Waals surface area contributed by atoms with Gasteiger partial charge in [-0.2, -0.15) is 5.10 Å². The number of amides is 1. The minimum atomic E-state index is -0.547. The van der Waals surface area contributed by atoms with Crippen LogP contribution in [-0.2, 0) is 24.1 Å². The number of ketones is 1. The van der Waals surface area contributed by atoms with Crippen LogP contribution < -0.4 is 4.74 Å². The van der Waals surface area contributed by atoms with Gasteiger partial charge in [-0.25, -0.2) is 4.39 Å². The molecule has 1 fully saturated rings. The number of nitrogens with zero attached hydrogens (tertiary/aromatic N) is 2. The Balaban J connectivity index is 1.36. The second-order valence-electron chi connectivity index (χ2n) is 8.23. The number of rotatable bonds is 6. The molecule has 7 heteroatoms. The third-order valence-corrected chi connectivity index (χ3v) is 6.30. The van der Waals surface area contributed by atoms with Crippen molar-refractivity contribution >= 4 is 11.7 Å². The maximum atomic E-state index is 14.0. The van der Waals surface area contributed by atoms with Crippen molar-refractivity contribution in [1.29, 1.82) is 0 Å². The normalized spacial score (nSPS) is 18.7. The molecule has 1 aliphatic heterocycles. The smallest absolute Gasteiger partial charge is 0.222 e. The topological polar surface area (TPSA) is 75.3 Å². The number of Topliss-reactive ketones (excluding diaryl/α,β-unsaturated/α-hetero) is 1. The molecule has 1 saturated heterocycles. The molecule has 6 nitrogen and oxygen atoms in total. The van der Waals surface area contributed by atoms with Gasteiger partial charge in [-0.15, -0.1) is 0 Å². The predicted molar refractivity (Wildman–Crippen MR) is 110 cm³/mol. The average Bonchev–Trinajstić information content (AvgIpc) is 3.20. The second kappa shape index (κ2) is 8.98. The number of methoxy groups -OCH3 is 1. The highest BCUT2D eigenvalue weighted by Gasteiger charge is 2.29. The third-order valence-electron chi connectivity index (χ3n) is 6.30. The van der Waals surface area contributed by atoms with Crippen LogP contribution >= 0.6 is 0 Å². The van der Waals surface area contributed by atoms with E-state index in [2.05, 4.69) is 10.2 Å². The first-order valence-electron chi connectivity index (χ1n) is 10.8. The molecule has 2 heterocycles. The fraction of sp³-hybridized carbons (Fsp3) is 0.522. The second-order valence-corrected chi connectivity index (χ2v) is 8.23. The molecule has 0 spiro atoms. The number of likely N-dealkylation sites (tertiary alicyclic amines) is 1. The number of aromatic amines is 1. The SMILES string of the molecule is COc1ccc(C(=O)C2CCCN(C(=O)CCc3n[nH]c4c3CCCC4)C2)cc1F. The maximum Gasteiger partial charge on any atom is 0.222 e. The van der Waals surface area contributed by atoms with Crippen LogP contribution in [0.3, 0.4) is 0 Å². The number of H-pyrrole nitrogens is 1. The van der Waals surface area contributed by atoms with Crippen molar-refractivity contribution in [2.75, 3.05) is 20.2 Å². The van der Waals surface area contributed by atoms with Crippen LogP contribution in [0.4, 0.5) is 4.39 Å². The molecular formula is C23H28FN3O3. The highest BCUT2D eigenvalue weighted by molar-refractivity contribution is 5.98. The Morgan fingerprint density at radius 2 is 2.10 bits per heavy atom. The van der Waals surface area contributed by atoms with Crippen molar-refractivity contribution in [3.8, 4) is 5.75 Å². The van der Waals surface area contributed by atoms with Gasteiger partial charge in [0.2, 0.25) is 5.91 Å². The van der Waals surface area contributed by atoms with Gasteiger partial charge in [0, 0.05) is 43.1 Å². The highest BCUT2D eigenvalue weighted by Crippen LogP contribution is 2.26. The summed E-state index contributed by atoms with van der Waals surface area (Å²) < 4.78 is 18.9. The molecule has 1 aliphatic carbocycles. The summed E-state index contributed by atoms with van der Waals surface area (Å²) in [5, 5.41) is 7.55. The summed E-state index contributed by atoms with van der Waals surface area (Å²) in [7, 11) is 1.39. The van der Waals surface area contributed by atoms with Gasteiger partial charge >= 0.3 is 0 Å². The average molecular weight is 413 g/mol. The molecule has 1 amide bonds. The highest BCUT2D eigenvalue weighted by atomic mass is 19.1. The molecule has 1 unspecified atom stereocenters. The monoisotopic (exact) mass is 413 g/mol. The van der Waals surface area contributed by atoms with Crippen LogP contribution in [-0.4, -0.2) is 47.0 Å². The number of benzene rings is 1. The molecule has 30 heavy (non-hydrogen) atoms. The first-order chi connectivity index (χ1) is 14.6. The standard InChI is InChI=1S/C23H28FN3O3/c1-30-21-10-8-15(13-18(21)24)23(29)16-5-4-12-27(14-16)22(28)11-9-20-17-6-2-3-7-19(17)25-26-20/h8,10,13,16H,2-7,9,11-12,14H2,1H3,(H,25,26). The van der Waals surface area contributed by atoms with Gasteiger partial charge in [0.25, 0.3) is 0 Å². The molecule has 0 saturated carbocycles. The fourth-order valence-electron chi connectivity index (χ4n) is 4.61. The molecule has 0 radical (unpaired) electrons. The van der Waals surface area contributed by atoms with E-state index in [4.69, 9.17) is 4.74 Å². The zero-order valence-corrected chi connectivity index (χ0v) is 17.4. The largest absolute Gasteiger partial charge is 0.494 e. The molecule has 1 atom stereocenters. The molecular weight excluding hydrogens is 385 g/mol. The molecule has 1 aromatic heterocycles. The Labute approximate surface area is 175 Å².